The van der Waals surface area contributed by atoms with Crippen molar-refractivity contribution in [3.05, 3.63) is 113 Å². The van der Waals surface area contributed by atoms with E-state index in [-0.39, 0.29) is 0 Å². The van der Waals surface area contributed by atoms with E-state index < -0.39 is 5.60 Å². The van der Waals surface area contributed by atoms with Crippen LogP contribution in [0.15, 0.2) is 85.4 Å². The van der Waals surface area contributed by atoms with Gasteiger partial charge in [-0.2, -0.15) is 0 Å². The Hall–Kier alpha value is -2.64. The molecule has 23 heavy (non-hydrogen) atoms. The predicted molar refractivity (Wildman–Crippen MR) is 96.3 cm³/mol. The molecule has 1 unspecified atom stereocenters. The highest BCUT2D eigenvalue weighted by Crippen LogP contribution is 2.36. The van der Waals surface area contributed by atoms with Gasteiger partial charge in [-0.05, 0) is 29.2 Å². The van der Waals surface area contributed by atoms with Gasteiger partial charge in [0, 0.05) is 0 Å². The van der Waals surface area contributed by atoms with Crippen molar-refractivity contribution in [3.63, 3.8) is 0 Å². The summed E-state index contributed by atoms with van der Waals surface area (Å²) in [6.07, 6.45) is 1.80. The first kappa shape index (κ1) is 15.3. The highest BCUT2D eigenvalue weighted by molar-refractivity contribution is 5.52. The lowest BCUT2D eigenvalue weighted by Gasteiger charge is -2.30. The van der Waals surface area contributed by atoms with Crippen molar-refractivity contribution in [1.29, 1.82) is 0 Å². The average molecular weight is 300 g/mol. The van der Waals surface area contributed by atoms with Crippen LogP contribution in [0.2, 0.25) is 0 Å². The lowest BCUT2D eigenvalue weighted by Crippen LogP contribution is -2.28. The van der Waals surface area contributed by atoms with Crippen molar-refractivity contribution < 1.29 is 5.11 Å². The molecule has 1 N–H and O–H groups in total. The predicted octanol–water partition coefficient (Wildman–Crippen LogP) is 4.92. The summed E-state index contributed by atoms with van der Waals surface area (Å²) in [7, 11) is 0. The molecule has 0 saturated heterocycles. The molecule has 0 heterocycles. The van der Waals surface area contributed by atoms with E-state index in [0.717, 1.165) is 22.3 Å². The first-order valence-electron chi connectivity index (χ1n) is 7.72. The maximum Gasteiger partial charge on any atom is 0.140 e. The molecule has 0 bridgehead atoms. The van der Waals surface area contributed by atoms with Crippen molar-refractivity contribution >= 4 is 6.08 Å². The van der Waals surface area contributed by atoms with Gasteiger partial charge in [-0.3, -0.25) is 0 Å². The van der Waals surface area contributed by atoms with Gasteiger partial charge in [-0.25, -0.2) is 0 Å². The number of aryl methyl sites for hydroxylation is 1. The lowest BCUT2D eigenvalue weighted by atomic mass is 9.80. The van der Waals surface area contributed by atoms with Crippen molar-refractivity contribution in [1.82, 2.24) is 0 Å². The molecule has 0 aromatic heterocycles. The monoisotopic (exact) mass is 300 g/mol. The Labute approximate surface area is 137 Å². The van der Waals surface area contributed by atoms with Crippen LogP contribution in [-0.4, -0.2) is 5.11 Å². The van der Waals surface area contributed by atoms with Gasteiger partial charge in [-0.1, -0.05) is 97.1 Å². The van der Waals surface area contributed by atoms with Crippen LogP contribution in [0.5, 0.6) is 0 Å². The fourth-order valence-corrected chi connectivity index (χ4v) is 2.83. The van der Waals surface area contributed by atoms with E-state index in [4.69, 9.17) is 0 Å². The quantitative estimate of drug-likeness (QED) is 0.678. The zero-order chi connectivity index (χ0) is 16.3. The Balaban J connectivity index is 2.20. The summed E-state index contributed by atoms with van der Waals surface area (Å²) in [6.45, 7) is 5.83. The topological polar surface area (TPSA) is 20.2 Å². The Morgan fingerprint density at radius 3 is 1.74 bits per heavy atom. The van der Waals surface area contributed by atoms with E-state index in [1.54, 1.807) is 6.08 Å². The summed E-state index contributed by atoms with van der Waals surface area (Å²) in [5.74, 6) is 0. The molecule has 0 fully saturated rings. The minimum Gasteiger partial charge on any atom is -0.376 e. The molecule has 3 rings (SSSR count). The zero-order valence-electron chi connectivity index (χ0n) is 13.2. The van der Waals surface area contributed by atoms with Crippen LogP contribution in [0.4, 0.5) is 0 Å². The van der Waals surface area contributed by atoms with Crippen LogP contribution in [-0.2, 0) is 5.60 Å². The molecule has 3 aromatic carbocycles. The van der Waals surface area contributed by atoms with Crippen molar-refractivity contribution in [2.24, 2.45) is 0 Å². The van der Waals surface area contributed by atoms with Gasteiger partial charge in [0.1, 0.15) is 5.60 Å². The van der Waals surface area contributed by atoms with E-state index in [9.17, 15) is 5.11 Å². The van der Waals surface area contributed by atoms with Gasteiger partial charge in [0.25, 0.3) is 0 Å². The second kappa shape index (κ2) is 6.23. The van der Waals surface area contributed by atoms with Crippen LogP contribution in [0, 0.1) is 6.92 Å². The number of rotatable bonds is 4. The van der Waals surface area contributed by atoms with Gasteiger partial charge in [0.2, 0.25) is 0 Å². The van der Waals surface area contributed by atoms with Crippen molar-refractivity contribution in [2.75, 3.05) is 0 Å². The SMILES string of the molecule is C=Cc1ccc(C(O)(c2ccccc2)c2ccc(C)cc2)cc1. The van der Waals surface area contributed by atoms with E-state index in [0.29, 0.717) is 0 Å². The molecule has 0 aliphatic heterocycles. The van der Waals surface area contributed by atoms with Crippen molar-refractivity contribution in [2.45, 2.75) is 12.5 Å². The maximum absolute atomic E-state index is 11.7. The van der Waals surface area contributed by atoms with E-state index in [1.165, 1.54) is 5.56 Å². The van der Waals surface area contributed by atoms with Crippen LogP contribution in [0.3, 0.4) is 0 Å². The van der Waals surface area contributed by atoms with Crippen LogP contribution >= 0.6 is 0 Å². The number of hydrogen-bond donors (Lipinski definition) is 1. The Bertz CT molecular complexity index is 786. The summed E-state index contributed by atoms with van der Waals surface area (Å²) in [4.78, 5) is 0. The smallest absolute Gasteiger partial charge is 0.140 e. The molecule has 0 aliphatic rings. The minimum absolute atomic E-state index is 0.846. The summed E-state index contributed by atoms with van der Waals surface area (Å²) < 4.78 is 0. The number of benzene rings is 3. The summed E-state index contributed by atoms with van der Waals surface area (Å²) in [6, 6.07) is 25.7. The lowest BCUT2D eigenvalue weighted by molar-refractivity contribution is 0.125. The van der Waals surface area contributed by atoms with Gasteiger partial charge >= 0.3 is 0 Å². The Morgan fingerprint density at radius 1 is 0.739 bits per heavy atom. The molecule has 3 aromatic rings. The minimum atomic E-state index is -1.17. The van der Waals surface area contributed by atoms with Crippen LogP contribution < -0.4 is 0 Å². The van der Waals surface area contributed by atoms with E-state index in [1.807, 2.05) is 85.8 Å². The average Bonchev–Trinajstić information content (AvgIpc) is 2.62. The van der Waals surface area contributed by atoms with Gasteiger partial charge in [-0.15, -0.1) is 0 Å². The first-order valence-corrected chi connectivity index (χ1v) is 7.72. The van der Waals surface area contributed by atoms with E-state index >= 15 is 0 Å². The highest BCUT2D eigenvalue weighted by atomic mass is 16.3. The first-order chi connectivity index (χ1) is 11.1. The number of hydrogen-bond acceptors (Lipinski definition) is 1. The standard InChI is InChI=1S/C22H20O/c1-3-18-11-15-21(16-12-18)22(23,19-7-5-4-6-8-19)20-13-9-17(2)10-14-20/h3-16,23H,1H2,2H3. The summed E-state index contributed by atoms with van der Waals surface area (Å²) in [5.41, 5.74) is 3.60. The van der Waals surface area contributed by atoms with Crippen LogP contribution in [0.1, 0.15) is 27.8 Å². The Kier molecular flexibility index (Phi) is 4.14. The molecule has 0 saturated carbocycles. The third-order valence-electron chi connectivity index (χ3n) is 4.23. The number of aliphatic hydroxyl groups is 1. The van der Waals surface area contributed by atoms with Crippen LogP contribution in [0.25, 0.3) is 6.08 Å². The van der Waals surface area contributed by atoms with Gasteiger partial charge in [0.15, 0.2) is 0 Å². The molecular weight excluding hydrogens is 280 g/mol. The summed E-state index contributed by atoms with van der Waals surface area (Å²) in [5, 5.41) is 11.7. The zero-order valence-corrected chi connectivity index (χ0v) is 13.2. The third-order valence-corrected chi connectivity index (χ3v) is 4.23. The molecular formula is C22H20O. The van der Waals surface area contributed by atoms with Crippen molar-refractivity contribution in [3.8, 4) is 0 Å². The molecule has 0 aliphatic carbocycles. The third kappa shape index (κ3) is 2.84. The van der Waals surface area contributed by atoms with Gasteiger partial charge < -0.3 is 5.11 Å². The molecule has 0 amide bonds. The maximum atomic E-state index is 11.7. The molecule has 1 nitrogen and oxygen atoms in total. The molecule has 0 radical (unpaired) electrons. The Morgan fingerprint density at radius 2 is 1.22 bits per heavy atom. The molecule has 114 valence electrons. The van der Waals surface area contributed by atoms with Gasteiger partial charge in [0.05, 0.1) is 0 Å². The highest BCUT2D eigenvalue weighted by Gasteiger charge is 2.33. The van der Waals surface area contributed by atoms with E-state index in [2.05, 4.69) is 6.58 Å². The fraction of sp³-hybridized carbons (Fsp3) is 0.0909. The molecule has 1 heteroatoms. The molecule has 1 atom stereocenters. The second-order valence-electron chi connectivity index (χ2n) is 5.77. The normalized spacial score (nSPS) is 13.3. The summed E-state index contributed by atoms with van der Waals surface area (Å²) >= 11 is 0. The second-order valence-corrected chi connectivity index (χ2v) is 5.77. The molecule has 0 spiro atoms. The largest absolute Gasteiger partial charge is 0.376 e. The fourth-order valence-electron chi connectivity index (χ4n) is 2.83.